The second-order valence-electron chi connectivity index (χ2n) is 7.55. The Labute approximate surface area is 201 Å². The summed E-state index contributed by atoms with van der Waals surface area (Å²) >= 11 is 0. The van der Waals surface area contributed by atoms with Gasteiger partial charge in [-0.05, 0) is 48.5 Å². The molecule has 9 heteroatoms. The summed E-state index contributed by atoms with van der Waals surface area (Å²) in [5, 5.41) is 13.8. The van der Waals surface area contributed by atoms with Gasteiger partial charge in [0.2, 0.25) is 11.4 Å². The molecular weight excluding hydrogens is 446 g/mol. The fourth-order valence-corrected chi connectivity index (χ4v) is 3.84. The van der Waals surface area contributed by atoms with Gasteiger partial charge in [-0.15, -0.1) is 10.2 Å². The van der Waals surface area contributed by atoms with E-state index in [4.69, 9.17) is 29.0 Å². The van der Waals surface area contributed by atoms with E-state index in [1.807, 2.05) is 66.7 Å². The predicted molar refractivity (Wildman–Crippen MR) is 132 cm³/mol. The molecule has 0 fully saturated rings. The average Bonchev–Trinajstić information content (AvgIpc) is 3.31. The van der Waals surface area contributed by atoms with E-state index in [0.717, 1.165) is 22.6 Å². The van der Waals surface area contributed by atoms with Gasteiger partial charge >= 0.3 is 0 Å². The number of nitrogens with zero attached hydrogens (tertiary/aromatic N) is 5. The van der Waals surface area contributed by atoms with Crippen LogP contribution in [-0.2, 0) is 0 Å². The van der Waals surface area contributed by atoms with Crippen molar-refractivity contribution in [3.8, 4) is 51.3 Å². The van der Waals surface area contributed by atoms with Crippen LogP contribution in [-0.4, -0.2) is 53.4 Å². The Bertz CT molecular complexity index is 1460. The Kier molecular flexibility index (Phi) is 5.88. The maximum absolute atomic E-state index is 5.56. The highest BCUT2D eigenvalue weighted by Crippen LogP contribution is 2.42. The molecule has 0 aliphatic carbocycles. The molecule has 5 rings (SSSR count). The minimum Gasteiger partial charge on any atom is -0.497 e. The Balaban J connectivity index is 1.76. The highest BCUT2D eigenvalue weighted by Gasteiger charge is 2.22. The van der Waals surface area contributed by atoms with Crippen LogP contribution in [0.1, 0.15) is 0 Å². The van der Waals surface area contributed by atoms with Gasteiger partial charge in [-0.25, -0.2) is 9.67 Å². The van der Waals surface area contributed by atoms with E-state index in [1.165, 1.54) is 0 Å². The molecule has 0 N–H and O–H groups in total. The van der Waals surface area contributed by atoms with Crippen LogP contribution in [0.25, 0.3) is 39.5 Å². The van der Waals surface area contributed by atoms with E-state index in [2.05, 4.69) is 10.2 Å². The summed E-state index contributed by atoms with van der Waals surface area (Å²) in [6.07, 6.45) is 0. The molecular formula is C26H23N5O4. The molecule has 0 amide bonds. The molecule has 2 heterocycles. The molecule has 0 saturated carbocycles. The van der Waals surface area contributed by atoms with Crippen molar-refractivity contribution in [3.05, 3.63) is 66.7 Å². The van der Waals surface area contributed by atoms with Gasteiger partial charge < -0.3 is 18.9 Å². The van der Waals surface area contributed by atoms with Gasteiger partial charge in [-0.3, -0.25) is 0 Å². The van der Waals surface area contributed by atoms with Crippen molar-refractivity contribution in [1.82, 2.24) is 25.0 Å². The number of ether oxygens (including phenoxy) is 4. The first kappa shape index (κ1) is 22.1. The van der Waals surface area contributed by atoms with Crippen LogP contribution in [0, 0.1) is 0 Å². The van der Waals surface area contributed by atoms with Gasteiger partial charge in [-0.1, -0.05) is 18.2 Å². The second kappa shape index (κ2) is 9.30. The van der Waals surface area contributed by atoms with Gasteiger partial charge in [0.05, 0.1) is 34.1 Å². The molecule has 5 aromatic rings. The molecule has 0 aliphatic rings. The normalized spacial score (nSPS) is 10.9. The van der Waals surface area contributed by atoms with Crippen molar-refractivity contribution < 1.29 is 18.9 Å². The molecule has 2 aromatic heterocycles. The highest BCUT2D eigenvalue weighted by atomic mass is 16.5. The maximum Gasteiger partial charge on any atom is 0.204 e. The van der Waals surface area contributed by atoms with Crippen LogP contribution < -0.4 is 18.9 Å². The predicted octanol–water partition coefficient (Wildman–Crippen LogP) is 4.58. The van der Waals surface area contributed by atoms with Crippen molar-refractivity contribution in [1.29, 1.82) is 0 Å². The number of benzene rings is 3. The first-order valence-corrected chi connectivity index (χ1v) is 10.8. The SMILES string of the molecule is COc1ccc(-c2nnc3c(n2)c(-c2cc(OC)c(OC)c(OC)c2)nn3-c2ccccc2)cc1. The van der Waals surface area contributed by atoms with E-state index in [-0.39, 0.29) is 0 Å². The topological polar surface area (TPSA) is 93.4 Å². The third-order valence-corrected chi connectivity index (χ3v) is 5.58. The summed E-state index contributed by atoms with van der Waals surface area (Å²) in [6, 6.07) is 20.9. The van der Waals surface area contributed by atoms with Crippen LogP contribution in [0.2, 0.25) is 0 Å². The molecule has 0 bridgehead atoms. The molecule has 0 saturated heterocycles. The standard InChI is InChI=1S/C26H23N5O4/c1-32-19-12-10-16(11-13-19)25-27-23-22(17-14-20(33-2)24(35-4)21(15-17)34-3)30-31(26(23)29-28-25)18-8-6-5-7-9-18/h5-15H,1-4H3. The summed E-state index contributed by atoms with van der Waals surface area (Å²) in [6.45, 7) is 0. The molecule has 0 spiro atoms. The number of hydrogen-bond acceptors (Lipinski definition) is 8. The Morgan fingerprint density at radius 1 is 0.686 bits per heavy atom. The number of aromatic nitrogens is 5. The zero-order valence-electron chi connectivity index (χ0n) is 19.7. The second-order valence-corrected chi connectivity index (χ2v) is 7.55. The quantitative estimate of drug-likeness (QED) is 0.342. The molecule has 176 valence electrons. The molecule has 3 aromatic carbocycles. The maximum atomic E-state index is 5.56. The Morgan fingerprint density at radius 3 is 1.97 bits per heavy atom. The smallest absolute Gasteiger partial charge is 0.204 e. The van der Waals surface area contributed by atoms with E-state index >= 15 is 0 Å². The van der Waals surface area contributed by atoms with Crippen LogP contribution in [0.4, 0.5) is 0 Å². The summed E-state index contributed by atoms with van der Waals surface area (Å²) in [5.74, 6) is 2.75. The lowest BCUT2D eigenvalue weighted by Crippen LogP contribution is -2.00. The van der Waals surface area contributed by atoms with E-state index < -0.39 is 0 Å². The van der Waals surface area contributed by atoms with Crippen LogP contribution in [0.5, 0.6) is 23.0 Å². The van der Waals surface area contributed by atoms with Crippen molar-refractivity contribution >= 4 is 11.2 Å². The lowest BCUT2D eigenvalue weighted by Gasteiger charge is -2.13. The molecule has 35 heavy (non-hydrogen) atoms. The summed E-state index contributed by atoms with van der Waals surface area (Å²) < 4.78 is 23.6. The third kappa shape index (κ3) is 3.97. The van der Waals surface area contributed by atoms with Gasteiger partial charge in [0.15, 0.2) is 17.3 Å². The monoisotopic (exact) mass is 469 g/mol. The van der Waals surface area contributed by atoms with Crippen molar-refractivity contribution in [2.75, 3.05) is 28.4 Å². The van der Waals surface area contributed by atoms with Crippen molar-refractivity contribution in [3.63, 3.8) is 0 Å². The number of fused-ring (bicyclic) bond motifs is 1. The molecule has 0 radical (unpaired) electrons. The number of para-hydroxylation sites is 1. The third-order valence-electron chi connectivity index (χ3n) is 5.58. The molecule has 9 nitrogen and oxygen atoms in total. The average molecular weight is 470 g/mol. The molecule has 0 atom stereocenters. The lowest BCUT2D eigenvalue weighted by atomic mass is 10.1. The Morgan fingerprint density at radius 2 is 1.37 bits per heavy atom. The van der Waals surface area contributed by atoms with Gasteiger partial charge in [-0.2, -0.15) is 5.10 Å². The minimum absolute atomic E-state index is 0.474. The zero-order chi connectivity index (χ0) is 24.4. The van der Waals surface area contributed by atoms with E-state index in [9.17, 15) is 0 Å². The van der Waals surface area contributed by atoms with Crippen LogP contribution in [0.15, 0.2) is 66.7 Å². The number of methoxy groups -OCH3 is 4. The summed E-state index contributed by atoms with van der Waals surface area (Å²) in [5.41, 5.74) is 4.10. The van der Waals surface area contributed by atoms with Gasteiger partial charge in [0.25, 0.3) is 0 Å². The minimum atomic E-state index is 0.474. The summed E-state index contributed by atoms with van der Waals surface area (Å²) in [7, 11) is 6.35. The first-order chi connectivity index (χ1) is 17.2. The van der Waals surface area contributed by atoms with Gasteiger partial charge in [0, 0.05) is 11.1 Å². The van der Waals surface area contributed by atoms with Gasteiger partial charge in [0.1, 0.15) is 17.0 Å². The van der Waals surface area contributed by atoms with Crippen molar-refractivity contribution in [2.24, 2.45) is 0 Å². The number of rotatable bonds is 7. The largest absolute Gasteiger partial charge is 0.497 e. The molecule has 0 unspecified atom stereocenters. The van der Waals surface area contributed by atoms with Crippen LogP contribution >= 0.6 is 0 Å². The van der Waals surface area contributed by atoms with E-state index in [1.54, 1.807) is 33.1 Å². The molecule has 0 aliphatic heterocycles. The summed E-state index contributed by atoms with van der Waals surface area (Å²) in [4.78, 5) is 4.87. The Hall–Kier alpha value is -4.66. The van der Waals surface area contributed by atoms with Crippen LogP contribution in [0.3, 0.4) is 0 Å². The fourth-order valence-electron chi connectivity index (χ4n) is 3.84. The van der Waals surface area contributed by atoms with E-state index in [0.29, 0.717) is 39.9 Å². The number of hydrogen-bond donors (Lipinski definition) is 0. The van der Waals surface area contributed by atoms with Crippen molar-refractivity contribution in [2.45, 2.75) is 0 Å². The zero-order valence-corrected chi connectivity index (χ0v) is 19.7. The fraction of sp³-hybridized carbons (Fsp3) is 0.154. The highest BCUT2D eigenvalue weighted by molar-refractivity contribution is 5.90. The lowest BCUT2D eigenvalue weighted by molar-refractivity contribution is 0.324. The first-order valence-electron chi connectivity index (χ1n) is 10.8.